The summed E-state index contributed by atoms with van der Waals surface area (Å²) in [5.41, 5.74) is 3.36. The molecule has 3 rings (SSSR count). The highest BCUT2D eigenvalue weighted by atomic mass is 32.2. The van der Waals surface area contributed by atoms with Gasteiger partial charge < -0.3 is 15.0 Å². The quantitative estimate of drug-likeness (QED) is 0.702. The number of rotatable bonds is 7. The number of halogens is 1. The van der Waals surface area contributed by atoms with Gasteiger partial charge in [0.1, 0.15) is 5.82 Å². The summed E-state index contributed by atoms with van der Waals surface area (Å²) >= 11 is 1.33. The van der Waals surface area contributed by atoms with Crippen LogP contribution in [0.4, 0.5) is 15.8 Å². The van der Waals surface area contributed by atoms with Crippen LogP contribution in [0.2, 0.25) is 0 Å². The molecule has 0 bridgehead atoms. The maximum Gasteiger partial charge on any atom is 0.316 e. The van der Waals surface area contributed by atoms with Crippen LogP contribution in [0.5, 0.6) is 0 Å². The fourth-order valence-electron chi connectivity index (χ4n) is 3.02. The molecule has 0 aromatic heterocycles. The summed E-state index contributed by atoms with van der Waals surface area (Å²) in [6, 6.07) is 11.4. The zero-order valence-electron chi connectivity index (χ0n) is 15.9. The molecule has 0 spiro atoms. The summed E-state index contributed by atoms with van der Waals surface area (Å²) in [6.45, 7) is 1.79. The number of carbonyl (C=O) groups is 3. The molecular weight excluding hydrogens is 395 g/mol. The lowest BCUT2D eigenvalue weighted by atomic mass is 10.1. The van der Waals surface area contributed by atoms with Gasteiger partial charge in [-0.3, -0.25) is 14.4 Å². The van der Waals surface area contributed by atoms with Crippen molar-refractivity contribution >= 4 is 40.9 Å². The van der Waals surface area contributed by atoms with Crippen LogP contribution in [0.3, 0.4) is 0 Å². The second-order valence-electron chi connectivity index (χ2n) is 6.59. The number of amides is 2. The highest BCUT2D eigenvalue weighted by Gasteiger charge is 2.22. The van der Waals surface area contributed by atoms with Gasteiger partial charge in [0.2, 0.25) is 5.91 Å². The molecule has 152 valence electrons. The molecule has 1 heterocycles. The number of ether oxygens (including phenoxy) is 1. The minimum atomic E-state index is -0.488. The Hall–Kier alpha value is -2.87. The third-order valence-electron chi connectivity index (χ3n) is 4.41. The second-order valence-corrected chi connectivity index (χ2v) is 7.58. The number of esters is 1. The highest BCUT2D eigenvalue weighted by molar-refractivity contribution is 7.99. The van der Waals surface area contributed by atoms with Gasteiger partial charge in [-0.05, 0) is 47.9 Å². The van der Waals surface area contributed by atoms with E-state index in [2.05, 4.69) is 5.32 Å². The van der Waals surface area contributed by atoms with E-state index in [4.69, 9.17) is 4.74 Å². The molecule has 6 nitrogen and oxygen atoms in total. The van der Waals surface area contributed by atoms with Crippen molar-refractivity contribution in [1.82, 2.24) is 0 Å². The lowest BCUT2D eigenvalue weighted by Crippen LogP contribution is -2.25. The van der Waals surface area contributed by atoms with Gasteiger partial charge in [-0.15, -0.1) is 11.8 Å². The molecule has 0 saturated heterocycles. The van der Waals surface area contributed by atoms with E-state index >= 15 is 0 Å². The molecule has 0 radical (unpaired) electrons. The van der Waals surface area contributed by atoms with Crippen molar-refractivity contribution in [3.8, 4) is 0 Å². The Labute approximate surface area is 172 Å². The smallest absolute Gasteiger partial charge is 0.316 e. The maximum absolute atomic E-state index is 12.8. The number of nitrogens with one attached hydrogen (secondary N) is 1. The van der Waals surface area contributed by atoms with E-state index in [-0.39, 0.29) is 24.1 Å². The van der Waals surface area contributed by atoms with E-state index in [0.29, 0.717) is 18.0 Å². The third kappa shape index (κ3) is 5.80. The highest BCUT2D eigenvalue weighted by Crippen LogP contribution is 2.30. The van der Waals surface area contributed by atoms with Gasteiger partial charge in [-0.25, -0.2) is 4.39 Å². The van der Waals surface area contributed by atoms with Gasteiger partial charge in [0.05, 0.1) is 5.75 Å². The van der Waals surface area contributed by atoms with Crippen molar-refractivity contribution in [2.24, 2.45) is 0 Å². The predicted molar refractivity (Wildman–Crippen MR) is 110 cm³/mol. The van der Waals surface area contributed by atoms with Gasteiger partial charge in [-0.1, -0.05) is 12.1 Å². The van der Waals surface area contributed by atoms with Gasteiger partial charge in [0.25, 0.3) is 5.91 Å². The fourth-order valence-corrected chi connectivity index (χ4v) is 3.80. The molecule has 29 heavy (non-hydrogen) atoms. The molecule has 1 N–H and O–H groups in total. The van der Waals surface area contributed by atoms with Crippen molar-refractivity contribution in [2.45, 2.75) is 19.1 Å². The monoisotopic (exact) mass is 416 g/mol. The number of fused-ring (bicyclic) bond motifs is 1. The Morgan fingerprint density at radius 1 is 1.17 bits per heavy atom. The summed E-state index contributed by atoms with van der Waals surface area (Å²) in [7, 11) is 0. The normalized spacial score (nSPS) is 12.4. The van der Waals surface area contributed by atoms with Gasteiger partial charge in [0, 0.05) is 30.6 Å². The van der Waals surface area contributed by atoms with Gasteiger partial charge in [0.15, 0.2) is 6.61 Å². The van der Waals surface area contributed by atoms with Crippen molar-refractivity contribution in [3.63, 3.8) is 0 Å². The molecule has 8 heteroatoms. The molecule has 0 saturated carbocycles. The fraction of sp³-hybridized carbons (Fsp3) is 0.286. The zero-order valence-corrected chi connectivity index (χ0v) is 16.8. The lowest BCUT2D eigenvalue weighted by Gasteiger charge is -2.15. The first-order chi connectivity index (χ1) is 13.9. The number of hydrogen-bond donors (Lipinski definition) is 1. The lowest BCUT2D eigenvalue weighted by molar-refractivity contribution is -0.144. The van der Waals surface area contributed by atoms with Crippen LogP contribution in [-0.2, 0) is 31.3 Å². The first-order valence-corrected chi connectivity index (χ1v) is 10.3. The molecule has 0 aliphatic carbocycles. The van der Waals surface area contributed by atoms with Crippen molar-refractivity contribution in [1.29, 1.82) is 0 Å². The minimum absolute atomic E-state index is 0.00949. The first kappa shape index (κ1) is 20.9. The molecule has 2 aromatic carbocycles. The summed E-state index contributed by atoms with van der Waals surface area (Å²) < 4.78 is 17.8. The van der Waals surface area contributed by atoms with Crippen LogP contribution in [0, 0.1) is 5.82 Å². The largest absolute Gasteiger partial charge is 0.455 e. The number of hydrogen-bond acceptors (Lipinski definition) is 5. The average Bonchev–Trinajstić information content (AvgIpc) is 3.11. The minimum Gasteiger partial charge on any atom is -0.455 e. The third-order valence-corrected chi connectivity index (χ3v) is 5.38. The van der Waals surface area contributed by atoms with Gasteiger partial charge >= 0.3 is 5.97 Å². The molecule has 2 aromatic rings. The number of benzene rings is 2. The Bertz CT molecular complexity index is 917. The van der Waals surface area contributed by atoms with Crippen LogP contribution in [-0.4, -0.2) is 36.7 Å². The molecule has 1 aliphatic heterocycles. The molecule has 0 atom stereocenters. The van der Waals surface area contributed by atoms with E-state index in [1.807, 2.05) is 6.07 Å². The van der Waals surface area contributed by atoms with E-state index in [1.165, 1.54) is 30.8 Å². The molecule has 1 aliphatic rings. The van der Waals surface area contributed by atoms with Crippen molar-refractivity contribution < 1.29 is 23.5 Å². The maximum atomic E-state index is 12.8. The summed E-state index contributed by atoms with van der Waals surface area (Å²) in [4.78, 5) is 37.1. The molecule has 2 amide bonds. The molecular formula is C21H21FN2O4S. The number of carbonyl (C=O) groups excluding carboxylic acids is 3. The Kier molecular flexibility index (Phi) is 6.87. The predicted octanol–water partition coefficient (Wildman–Crippen LogP) is 3.15. The number of nitrogens with zero attached hydrogens (tertiary/aromatic N) is 1. The van der Waals surface area contributed by atoms with Crippen LogP contribution in [0.15, 0.2) is 42.5 Å². The number of anilines is 2. The zero-order chi connectivity index (χ0) is 20.8. The first-order valence-electron chi connectivity index (χ1n) is 9.11. The van der Waals surface area contributed by atoms with E-state index in [0.717, 1.165) is 23.2 Å². The van der Waals surface area contributed by atoms with Crippen molar-refractivity contribution in [3.05, 3.63) is 59.4 Å². The van der Waals surface area contributed by atoms with Gasteiger partial charge in [-0.2, -0.15) is 0 Å². The summed E-state index contributed by atoms with van der Waals surface area (Å²) in [5, 5.41) is 2.70. The number of thioether (sulfide) groups is 1. The SMILES string of the molecule is CC(=O)N1CCc2cc(NC(=O)COC(=O)CSCc3ccc(F)cc3)ccc21. The van der Waals surface area contributed by atoms with Crippen molar-refractivity contribution in [2.75, 3.05) is 29.1 Å². The summed E-state index contributed by atoms with van der Waals surface area (Å²) in [5.74, 6) is -0.576. The van der Waals surface area contributed by atoms with E-state index < -0.39 is 11.9 Å². The standard InChI is InChI=1S/C21H21FN2O4S/c1-14(25)24-9-8-16-10-18(6-7-19(16)24)23-20(26)11-28-21(27)13-29-12-15-2-4-17(22)5-3-15/h2-7,10H,8-9,11-13H2,1H3,(H,23,26). The van der Waals surface area contributed by atoms with Crippen LogP contribution >= 0.6 is 11.8 Å². The van der Waals surface area contributed by atoms with E-state index in [1.54, 1.807) is 29.2 Å². The Balaban J connectivity index is 1.40. The Morgan fingerprint density at radius 2 is 1.93 bits per heavy atom. The Morgan fingerprint density at radius 3 is 2.66 bits per heavy atom. The second kappa shape index (κ2) is 9.56. The average molecular weight is 416 g/mol. The topological polar surface area (TPSA) is 75.7 Å². The van der Waals surface area contributed by atoms with E-state index in [9.17, 15) is 18.8 Å². The van der Waals surface area contributed by atoms with Crippen LogP contribution in [0.25, 0.3) is 0 Å². The molecule has 0 unspecified atom stereocenters. The molecule has 0 fully saturated rings. The summed E-state index contributed by atoms with van der Waals surface area (Å²) in [6.07, 6.45) is 0.735. The van der Waals surface area contributed by atoms with Crippen LogP contribution < -0.4 is 10.2 Å². The van der Waals surface area contributed by atoms with Crippen LogP contribution in [0.1, 0.15) is 18.1 Å².